The maximum Gasteiger partial charge on any atom is 0.181 e. The second-order valence-corrected chi connectivity index (χ2v) is 4.62. The van der Waals surface area contributed by atoms with E-state index < -0.39 is 6.04 Å². The molecule has 4 N–H and O–H groups in total. The van der Waals surface area contributed by atoms with Crippen LogP contribution in [0.1, 0.15) is 17.4 Å². The number of aromatic amines is 1. The van der Waals surface area contributed by atoms with Gasteiger partial charge in [0.1, 0.15) is 17.4 Å². The number of H-pyrrole nitrogens is 1. The van der Waals surface area contributed by atoms with Crippen molar-refractivity contribution in [1.29, 1.82) is 0 Å². The quantitative estimate of drug-likeness (QED) is 0.689. The molecule has 0 aliphatic heterocycles. The zero-order chi connectivity index (χ0) is 14.8. The number of nitrogens with one attached hydrogen (secondary N) is 1. The van der Waals surface area contributed by atoms with Gasteiger partial charge >= 0.3 is 0 Å². The summed E-state index contributed by atoms with van der Waals surface area (Å²) in [6, 6.07) is 12.0. The molecule has 0 radical (unpaired) electrons. The van der Waals surface area contributed by atoms with E-state index in [1.54, 1.807) is 36.4 Å². The number of nitrogens with zero attached hydrogens (tertiary/aromatic N) is 2. The summed E-state index contributed by atoms with van der Waals surface area (Å²) >= 11 is 0. The van der Waals surface area contributed by atoms with Crippen molar-refractivity contribution < 1.29 is 9.50 Å². The topological polar surface area (TPSA) is 87.8 Å². The molecule has 0 saturated heterocycles. The van der Waals surface area contributed by atoms with Crippen molar-refractivity contribution in [2.75, 3.05) is 0 Å². The Balaban J connectivity index is 1.89. The number of aromatic nitrogens is 3. The average Bonchev–Trinajstić information content (AvgIpc) is 2.97. The largest absolute Gasteiger partial charge is 0.508 e. The molecule has 5 nitrogen and oxygen atoms in total. The van der Waals surface area contributed by atoms with Gasteiger partial charge in [0, 0.05) is 5.56 Å². The van der Waals surface area contributed by atoms with E-state index in [2.05, 4.69) is 15.2 Å². The third-order valence-corrected chi connectivity index (χ3v) is 3.13. The van der Waals surface area contributed by atoms with Gasteiger partial charge in [0.2, 0.25) is 0 Å². The van der Waals surface area contributed by atoms with Gasteiger partial charge in [-0.15, -0.1) is 0 Å². The SMILES string of the molecule is NC(c1ccc(F)cc1)c1nc(-c2cccc(O)c2)n[nH]1. The van der Waals surface area contributed by atoms with Gasteiger partial charge in [-0.2, -0.15) is 5.10 Å². The Bertz CT molecular complexity index is 754. The van der Waals surface area contributed by atoms with E-state index in [9.17, 15) is 9.50 Å². The van der Waals surface area contributed by atoms with Crippen molar-refractivity contribution in [1.82, 2.24) is 15.2 Å². The number of aromatic hydroxyl groups is 1. The summed E-state index contributed by atoms with van der Waals surface area (Å²) in [5.41, 5.74) is 7.50. The monoisotopic (exact) mass is 284 g/mol. The predicted molar refractivity (Wildman–Crippen MR) is 75.9 cm³/mol. The number of rotatable bonds is 3. The van der Waals surface area contributed by atoms with Crippen LogP contribution in [0.2, 0.25) is 0 Å². The van der Waals surface area contributed by atoms with Crippen LogP contribution in [0.15, 0.2) is 48.5 Å². The summed E-state index contributed by atoms with van der Waals surface area (Å²) in [7, 11) is 0. The molecule has 1 aromatic heterocycles. The first-order valence-electron chi connectivity index (χ1n) is 6.36. The molecule has 6 heteroatoms. The second kappa shape index (κ2) is 5.34. The first kappa shape index (κ1) is 13.3. The molecule has 0 bridgehead atoms. The van der Waals surface area contributed by atoms with E-state index >= 15 is 0 Å². The highest BCUT2D eigenvalue weighted by molar-refractivity contribution is 5.57. The lowest BCUT2D eigenvalue weighted by Crippen LogP contribution is -2.13. The van der Waals surface area contributed by atoms with Crippen molar-refractivity contribution in [2.45, 2.75) is 6.04 Å². The van der Waals surface area contributed by atoms with Crippen molar-refractivity contribution in [3.8, 4) is 17.1 Å². The molecule has 1 atom stereocenters. The Morgan fingerprint density at radius 1 is 1.14 bits per heavy atom. The van der Waals surface area contributed by atoms with Gasteiger partial charge in [-0.05, 0) is 29.8 Å². The Morgan fingerprint density at radius 2 is 1.90 bits per heavy atom. The number of benzene rings is 2. The van der Waals surface area contributed by atoms with Crippen molar-refractivity contribution >= 4 is 0 Å². The van der Waals surface area contributed by atoms with Gasteiger partial charge < -0.3 is 10.8 Å². The van der Waals surface area contributed by atoms with Crippen LogP contribution in [0.3, 0.4) is 0 Å². The first-order valence-corrected chi connectivity index (χ1v) is 6.36. The molecule has 106 valence electrons. The van der Waals surface area contributed by atoms with Gasteiger partial charge in [0.15, 0.2) is 5.82 Å². The van der Waals surface area contributed by atoms with Crippen LogP contribution in [0.4, 0.5) is 4.39 Å². The third-order valence-electron chi connectivity index (χ3n) is 3.13. The Labute approximate surface area is 120 Å². The number of phenols is 1. The van der Waals surface area contributed by atoms with Crippen LogP contribution < -0.4 is 5.73 Å². The lowest BCUT2D eigenvalue weighted by atomic mass is 10.1. The maximum atomic E-state index is 12.9. The lowest BCUT2D eigenvalue weighted by Gasteiger charge is -2.07. The van der Waals surface area contributed by atoms with Crippen molar-refractivity contribution in [2.24, 2.45) is 5.73 Å². The molecule has 0 amide bonds. The number of nitrogens with two attached hydrogens (primary N) is 1. The summed E-state index contributed by atoms with van der Waals surface area (Å²) in [5, 5.41) is 16.3. The van der Waals surface area contributed by atoms with Gasteiger partial charge in [0.25, 0.3) is 0 Å². The van der Waals surface area contributed by atoms with Crippen LogP contribution in [0.5, 0.6) is 5.75 Å². The normalized spacial score (nSPS) is 12.3. The highest BCUT2D eigenvalue weighted by Gasteiger charge is 2.15. The van der Waals surface area contributed by atoms with Gasteiger partial charge in [-0.3, -0.25) is 5.10 Å². The molecule has 1 unspecified atom stereocenters. The van der Waals surface area contributed by atoms with E-state index in [1.165, 1.54) is 12.1 Å². The van der Waals surface area contributed by atoms with E-state index in [0.29, 0.717) is 17.2 Å². The van der Waals surface area contributed by atoms with Crippen molar-refractivity contribution in [3.63, 3.8) is 0 Å². The van der Waals surface area contributed by atoms with Gasteiger partial charge in [-0.25, -0.2) is 9.37 Å². The molecule has 3 aromatic rings. The van der Waals surface area contributed by atoms with E-state index in [1.807, 2.05) is 0 Å². The van der Waals surface area contributed by atoms with Crippen LogP contribution in [-0.2, 0) is 0 Å². The Kier molecular flexibility index (Phi) is 3.37. The van der Waals surface area contributed by atoms with Crippen molar-refractivity contribution in [3.05, 3.63) is 65.7 Å². The molecule has 2 aromatic carbocycles. The van der Waals surface area contributed by atoms with Gasteiger partial charge in [-0.1, -0.05) is 24.3 Å². The highest BCUT2D eigenvalue weighted by atomic mass is 19.1. The van der Waals surface area contributed by atoms with Crippen LogP contribution in [-0.4, -0.2) is 20.3 Å². The predicted octanol–water partition coefficient (Wildman–Crippen LogP) is 2.36. The second-order valence-electron chi connectivity index (χ2n) is 4.62. The molecule has 0 aliphatic carbocycles. The smallest absolute Gasteiger partial charge is 0.181 e. The fourth-order valence-electron chi connectivity index (χ4n) is 2.02. The number of hydrogen-bond donors (Lipinski definition) is 3. The minimum atomic E-state index is -0.524. The molecule has 0 spiro atoms. The summed E-state index contributed by atoms with van der Waals surface area (Å²) < 4.78 is 12.9. The summed E-state index contributed by atoms with van der Waals surface area (Å²) in [5.74, 6) is 0.740. The molecular formula is C15H13FN4O. The minimum absolute atomic E-state index is 0.140. The van der Waals surface area contributed by atoms with Crippen LogP contribution >= 0.6 is 0 Å². The Hall–Kier alpha value is -2.73. The van der Waals surface area contributed by atoms with Crippen LogP contribution in [0.25, 0.3) is 11.4 Å². The molecular weight excluding hydrogens is 271 g/mol. The zero-order valence-electron chi connectivity index (χ0n) is 11.0. The van der Waals surface area contributed by atoms with Crippen LogP contribution in [0, 0.1) is 5.82 Å². The molecule has 0 saturated carbocycles. The highest BCUT2D eigenvalue weighted by Crippen LogP contribution is 2.22. The van der Waals surface area contributed by atoms with E-state index in [0.717, 1.165) is 5.56 Å². The number of hydrogen-bond acceptors (Lipinski definition) is 4. The molecule has 3 rings (SSSR count). The fourth-order valence-corrected chi connectivity index (χ4v) is 2.02. The molecule has 0 fully saturated rings. The summed E-state index contributed by atoms with van der Waals surface area (Å²) in [6.45, 7) is 0. The summed E-state index contributed by atoms with van der Waals surface area (Å²) in [4.78, 5) is 4.32. The molecule has 21 heavy (non-hydrogen) atoms. The maximum absolute atomic E-state index is 12.9. The standard InChI is InChI=1S/C15H13FN4O/c16-11-6-4-9(5-7-11)13(17)15-18-14(19-20-15)10-2-1-3-12(21)8-10/h1-8,13,21H,17H2,(H,18,19,20). The Morgan fingerprint density at radius 3 is 2.62 bits per heavy atom. The first-order chi connectivity index (χ1) is 10.1. The summed E-state index contributed by atoms with van der Waals surface area (Å²) in [6.07, 6.45) is 0. The average molecular weight is 284 g/mol. The fraction of sp³-hybridized carbons (Fsp3) is 0.0667. The van der Waals surface area contributed by atoms with Gasteiger partial charge in [0.05, 0.1) is 6.04 Å². The zero-order valence-corrected chi connectivity index (χ0v) is 11.0. The number of phenolic OH excluding ortho intramolecular Hbond substituents is 1. The molecule has 1 heterocycles. The minimum Gasteiger partial charge on any atom is -0.508 e. The van der Waals surface area contributed by atoms with E-state index in [4.69, 9.17) is 5.73 Å². The molecule has 0 aliphatic rings. The number of halogens is 1. The lowest BCUT2D eigenvalue weighted by molar-refractivity contribution is 0.475. The third kappa shape index (κ3) is 2.75. The van der Waals surface area contributed by atoms with E-state index in [-0.39, 0.29) is 11.6 Å².